The van der Waals surface area contributed by atoms with E-state index < -0.39 is 15.6 Å². The molecule has 2 unspecified atom stereocenters. The van der Waals surface area contributed by atoms with Gasteiger partial charge in [0.2, 0.25) is 0 Å². The molecule has 1 aliphatic heterocycles. The second-order valence-corrected chi connectivity index (χ2v) is 12.2. The van der Waals surface area contributed by atoms with Crippen molar-refractivity contribution < 1.29 is 37.4 Å². The first-order valence-electron chi connectivity index (χ1n) is 12.5. The first-order chi connectivity index (χ1) is 15.1. The highest BCUT2D eigenvalue weighted by Gasteiger charge is 2.37. The molecule has 0 bridgehead atoms. The number of rotatable bonds is 23. The fourth-order valence-electron chi connectivity index (χ4n) is 3.86. The Morgan fingerprint density at radius 3 is 1.38 bits per heavy atom. The summed E-state index contributed by atoms with van der Waals surface area (Å²) in [6, 6.07) is 0. The Bertz CT molecular complexity index is 562. The Kier molecular flexibility index (Phi) is 15.9. The first-order valence-corrected chi connectivity index (χ1v) is 15.5. The molecule has 1 saturated heterocycles. The van der Waals surface area contributed by atoms with Gasteiger partial charge in [-0.05, 0) is 19.8 Å². The molecule has 0 radical (unpaired) electrons. The zero-order valence-electron chi connectivity index (χ0n) is 19.9. The molecular formula is C22H46O8P2. The lowest BCUT2D eigenvalue weighted by Gasteiger charge is -2.12. The highest BCUT2D eigenvalue weighted by Crippen LogP contribution is 2.57. The molecule has 10 heteroatoms. The van der Waals surface area contributed by atoms with Crippen LogP contribution in [0.1, 0.15) is 122 Å². The number of ether oxygens (including phenoxy) is 1. The van der Waals surface area contributed by atoms with E-state index in [-0.39, 0.29) is 12.2 Å². The fourth-order valence-corrected chi connectivity index (χ4v) is 5.48. The van der Waals surface area contributed by atoms with Crippen LogP contribution in [0.4, 0.5) is 0 Å². The summed E-state index contributed by atoms with van der Waals surface area (Å²) in [5.41, 5.74) is 0.237. The molecule has 2 atom stereocenters. The second kappa shape index (κ2) is 16.8. The minimum absolute atomic E-state index is 0.0529. The minimum Gasteiger partial charge on any atom is -0.370 e. The predicted molar refractivity (Wildman–Crippen MR) is 126 cm³/mol. The third-order valence-electron chi connectivity index (χ3n) is 5.95. The summed E-state index contributed by atoms with van der Waals surface area (Å²) in [5.74, 6) is 0. The van der Waals surface area contributed by atoms with Crippen LogP contribution in [-0.2, 0) is 22.7 Å². The van der Waals surface area contributed by atoms with Crippen LogP contribution in [0.25, 0.3) is 0 Å². The Labute approximate surface area is 194 Å². The van der Waals surface area contributed by atoms with Crippen LogP contribution in [0.2, 0.25) is 0 Å². The molecule has 192 valence electrons. The van der Waals surface area contributed by atoms with Crippen LogP contribution in [-0.4, -0.2) is 33.5 Å². The van der Waals surface area contributed by atoms with Gasteiger partial charge >= 0.3 is 15.6 Å². The number of hydrogen-bond acceptors (Lipinski definition) is 5. The largest absolute Gasteiger partial charge is 0.481 e. The van der Waals surface area contributed by atoms with Crippen LogP contribution in [0.15, 0.2) is 0 Å². The van der Waals surface area contributed by atoms with Gasteiger partial charge < -0.3 is 19.4 Å². The van der Waals surface area contributed by atoms with Crippen molar-refractivity contribution in [1.82, 2.24) is 0 Å². The van der Waals surface area contributed by atoms with Gasteiger partial charge in [-0.25, -0.2) is 9.13 Å². The van der Waals surface area contributed by atoms with Gasteiger partial charge in [0.05, 0.1) is 18.8 Å². The van der Waals surface area contributed by atoms with Crippen molar-refractivity contribution in [2.45, 2.75) is 128 Å². The third kappa shape index (κ3) is 19.7. The average Bonchev–Trinajstić information content (AvgIpc) is 3.42. The number of hydrogen-bond donors (Lipinski definition) is 3. The lowest BCUT2D eigenvalue weighted by atomic mass is 10.0. The van der Waals surface area contributed by atoms with E-state index in [1.54, 1.807) is 0 Å². The molecule has 8 nitrogen and oxygen atoms in total. The monoisotopic (exact) mass is 500 g/mol. The number of epoxide rings is 1. The van der Waals surface area contributed by atoms with Crippen molar-refractivity contribution in [3.63, 3.8) is 0 Å². The standard InChI is InChI=1S/C22H46O8P2/c1-22(21-28-22)19-17-15-13-11-9-7-5-3-2-4-6-8-10-12-14-16-18-20-29-32(26,27)30-31(23,24)25/h2-21H2,1H3,(H,26,27)(H2,23,24,25). The Hall–Kier alpha value is 0.220. The van der Waals surface area contributed by atoms with Crippen molar-refractivity contribution >= 4 is 15.6 Å². The Balaban J connectivity index is 1.71. The van der Waals surface area contributed by atoms with Crippen molar-refractivity contribution in [3.05, 3.63) is 0 Å². The molecule has 1 fully saturated rings. The Morgan fingerprint density at radius 2 is 1.03 bits per heavy atom. The molecule has 0 spiro atoms. The van der Waals surface area contributed by atoms with E-state index in [1.165, 1.54) is 89.9 Å². The predicted octanol–water partition coefficient (Wildman–Crippen LogP) is 7.02. The van der Waals surface area contributed by atoms with E-state index in [9.17, 15) is 9.13 Å². The molecule has 32 heavy (non-hydrogen) atoms. The number of phosphoric acid groups is 2. The first kappa shape index (κ1) is 30.3. The lowest BCUT2D eigenvalue weighted by Crippen LogP contribution is -2.02. The molecule has 0 saturated carbocycles. The molecule has 1 aliphatic rings. The highest BCUT2D eigenvalue weighted by molar-refractivity contribution is 7.60. The summed E-state index contributed by atoms with van der Waals surface area (Å²) in [6.07, 6.45) is 22.1. The van der Waals surface area contributed by atoms with Gasteiger partial charge in [-0.1, -0.05) is 103 Å². The topological polar surface area (TPSA) is 126 Å². The number of unbranched alkanes of at least 4 members (excludes halogenated alkanes) is 16. The third-order valence-corrected chi connectivity index (χ3v) is 8.14. The second-order valence-electron chi connectivity index (χ2n) is 9.37. The zero-order valence-corrected chi connectivity index (χ0v) is 21.7. The smallest absolute Gasteiger partial charge is 0.370 e. The van der Waals surface area contributed by atoms with E-state index in [1.807, 2.05) is 0 Å². The quantitative estimate of drug-likeness (QED) is 0.0776. The van der Waals surface area contributed by atoms with Crippen LogP contribution in [0.3, 0.4) is 0 Å². The van der Waals surface area contributed by atoms with Crippen molar-refractivity contribution in [3.8, 4) is 0 Å². The van der Waals surface area contributed by atoms with Crippen LogP contribution in [0.5, 0.6) is 0 Å². The molecule has 0 aromatic heterocycles. The lowest BCUT2D eigenvalue weighted by molar-refractivity contribution is 0.175. The van der Waals surface area contributed by atoms with Crippen LogP contribution >= 0.6 is 15.6 Å². The normalized spacial score (nSPS) is 20.4. The SMILES string of the molecule is CC1(CCCCCCCCCCCCCCCCCCCOP(=O)(O)OP(=O)(O)O)CO1. The van der Waals surface area contributed by atoms with Crippen LogP contribution < -0.4 is 0 Å². The summed E-state index contributed by atoms with van der Waals surface area (Å²) < 4.78 is 35.5. The molecule has 0 aliphatic carbocycles. The summed E-state index contributed by atoms with van der Waals surface area (Å²) in [7, 11) is -9.70. The maximum Gasteiger partial charge on any atom is 0.481 e. The zero-order chi connectivity index (χ0) is 23.8. The molecule has 0 aromatic rings. The summed E-state index contributed by atoms with van der Waals surface area (Å²) in [4.78, 5) is 26.1. The maximum absolute atomic E-state index is 11.3. The van der Waals surface area contributed by atoms with Gasteiger partial charge in [-0.3, -0.25) is 4.52 Å². The summed E-state index contributed by atoms with van der Waals surface area (Å²) >= 11 is 0. The maximum atomic E-state index is 11.3. The van der Waals surface area contributed by atoms with E-state index in [2.05, 4.69) is 15.8 Å². The number of phosphoric ester groups is 1. The molecule has 1 heterocycles. The van der Waals surface area contributed by atoms with Gasteiger partial charge in [0.25, 0.3) is 0 Å². The minimum atomic E-state index is -5.03. The Morgan fingerprint density at radius 1 is 0.688 bits per heavy atom. The van der Waals surface area contributed by atoms with Crippen LogP contribution in [0, 0.1) is 0 Å². The average molecular weight is 501 g/mol. The molecule has 0 aromatic carbocycles. The van der Waals surface area contributed by atoms with Gasteiger partial charge in [0.1, 0.15) is 0 Å². The summed E-state index contributed by atoms with van der Waals surface area (Å²) in [6.45, 7) is 3.12. The highest BCUT2D eigenvalue weighted by atomic mass is 31.3. The van der Waals surface area contributed by atoms with Gasteiger partial charge in [-0.15, -0.1) is 0 Å². The van der Waals surface area contributed by atoms with Gasteiger partial charge in [0.15, 0.2) is 0 Å². The molecule has 3 N–H and O–H groups in total. The molecule has 1 rings (SSSR count). The van der Waals surface area contributed by atoms with Crippen molar-refractivity contribution in [1.29, 1.82) is 0 Å². The van der Waals surface area contributed by atoms with E-state index in [0.717, 1.165) is 25.9 Å². The van der Waals surface area contributed by atoms with Crippen molar-refractivity contribution in [2.24, 2.45) is 0 Å². The van der Waals surface area contributed by atoms with E-state index in [4.69, 9.17) is 19.4 Å². The van der Waals surface area contributed by atoms with E-state index >= 15 is 0 Å². The fraction of sp³-hybridized carbons (Fsp3) is 1.00. The molecular weight excluding hydrogens is 454 g/mol. The molecule has 0 amide bonds. The van der Waals surface area contributed by atoms with Crippen molar-refractivity contribution in [2.75, 3.05) is 13.2 Å². The summed E-state index contributed by atoms with van der Waals surface area (Å²) in [5, 5.41) is 0. The van der Waals surface area contributed by atoms with Gasteiger partial charge in [0, 0.05) is 0 Å². The van der Waals surface area contributed by atoms with Gasteiger partial charge in [-0.2, -0.15) is 4.31 Å². The van der Waals surface area contributed by atoms with E-state index in [0.29, 0.717) is 6.42 Å².